The van der Waals surface area contributed by atoms with Crippen LogP contribution in [0.25, 0.3) is 11.0 Å². The van der Waals surface area contributed by atoms with Gasteiger partial charge in [-0.25, -0.2) is 4.98 Å². The zero-order valence-electron chi connectivity index (χ0n) is 21.1. The largest absolute Gasteiger partial charge is 0.352 e. The van der Waals surface area contributed by atoms with Crippen molar-refractivity contribution in [3.8, 4) is 0 Å². The molecule has 1 unspecified atom stereocenters. The van der Waals surface area contributed by atoms with Crippen LogP contribution in [-0.4, -0.2) is 33.4 Å². The third-order valence-electron chi connectivity index (χ3n) is 6.45. The molecule has 2 aromatic heterocycles. The van der Waals surface area contributed by atoms with Crippen LogP contribution in [0.2, 0.25) is 0 Å². The molecule has 2 heterocycles. The average molecular weight is 483 g/mol. The number of rotatable bonds is 12. The fourth-order valence-corrected chi connectivity index (χ4v) is 4.99. The number of nitrogens with one attached hydrogen (secondary N) is 2. The number of hydrogen-bond acceptors (Lipinski definition) is 4. The zero-order chi connectivity index (χ0) is 24.7. The number of nitrogens with zero attached hydrogens (tertiary/aromatic N) is 2. The van der Waals surface area contributed by atoms with E-state index in [0.29, 0.717) is 18.0 Å². The van der Waals surface area contributed by atoms with Crippen molar-refractivity contribution >= 4 is 34.2 Å². The van der Waals surface area contributed by atoms with Crippen molar-refractivity contribution in [2.45, 2.75) is 91.3 Å². The van der Waals surface area contributed by atoms with Crippen LogP contribution in [0.1, 0.15) is 93.8 Å². The molecule has 0 saturated carbocycles. The van der Waals surface area contributed by atoms with E-state index in [0.717, 1.165) is 49.0 Å². The van der Waals surface area contributed by atoms with Gasteiger partial charge in [-0.3, -0.25) is 9.59 Å². The maximum Gasteiger partial charge on any atom is 0.252 e. The highest BCUT2D eigenvalue weighted by Gasteiger charge is 2.23. The Balaban J connectivity index is 1.89. The van der Waals surface area contributed by atoms with E-state index in [9.17, 15) is 9.59 Å². The lowest BCUT2D eigenvalue weighted by atomic mass is 10.1. The molecule has 0 saturated heterocycles. The lowest BCUT2D eigenvalue weighted by molar-refractivity contribution is -0.123. The van der Waals surface area contributed by atoms with Gasteiger partial charge in [-0.15, -0.1) is 11.3 Å². The molecular weight excluding hydrogens is 444 g/mol. The van der Waals surface area contributed by atoms with Crippen LogP contribution in [-0.2, 0) is 11.2 Å². The minimum absolute atomic E-state index is 0.0796. The molecule has 34 heavy (non-hydrogen) atoms. The molecule has 0 bridgehead atoms. The molecular formula is C27H38N4O2S. The molecule has 184 valence electrons. The summed E-state index contributed by atoms with van der Waals surface area (Å²) in [6.07, 6.45) is 5.08. The number of amides is 2. The first-order chi connectivity index (χ1) is 16.4. The summed E-state index contributed by atoms with van der Waals surface area (Å²) in [5.74, 6) is 0.666. The van der Waals surface area contributed by atoms with E-state index in [2.05, 4.69) is 46.6 Å². The Morgan fingerprint density at radius 3 is 2.44 bits per heavy atom. The second-order valence-electron chi connectivity index (χ2n) is 8.96. The van der Waals surface area contributed by atoms with E-state index in [1.54, 1.807) is 11.3 Å². The van der Waals surface area contributed by atoms with Crippen LogP contribution < -0.4 is 10.6 Å². The third kappa shape index (κ3) is 6.06. The summed E-state index contributed by atoms with van der Waals surface area (Å²) in [5, 5.41) is 8.03. The molecule has 0 fully saturated rings. The number of carbonyl (C=O) groups excluding carboxylic acids is 2. The Hall–Kier alpha value is -2.67. The first-order valence-corrected chi connectivity index (χ1v) is 13.4. The lowest BCUT2D eigenvalue weighted by Crippen LogP contribution is -2.48. The van der Waals surface area contributed by atoms with Gasteiger partial charge in [0, 0.05) is 28.9 Å². The Labute approximate surface area is 207 Å². The van der Waals surface area contributed by atoms with Crippen molar-refractivity contribution in [1.29, 1.82) is 0 Å². The van der Waals surface area contributed by atoms with Crippen LogP contribution >= 0.6 is 11.3 Å². The van der Waals surface area contributed by atoms with Crippen molar-refractivity contribution in [1.82, 2.24) is 20.2 Å². The average Bonchev–Trinajstić information content (AvgIpc) is 3.47. The summed E-state index contributed by atoms with van der Waals surface area (Å²) in [5.41, 5.74) is 2.40. The summed E-state index contributed by atoms with van der Waals surface area (Å²) in [7, 11) is 0. The monoisotopic (exact) mass is 482 g/mol. The zero-order valence-corrected chi connectivity index (χ0v) is 21.9. The highest BCUT2D eigenvalue weighted by Crippen LogP contribution is 2.28. The lowest BCUT2D eigenvalue weighted by Gasteiger charge is -2.20. The number of aromatic nitrogens is 2. The number of fused-ring (bicyclic) bond motifs is 1. The molecule has 0 aliphatic carbocycles. The van der Waals surface area contributed by atoms with Gasteiger partial charge in [-0.1, -0.05) is 40.2 Å². The van der Waals surface area contributed by atoms with Crippen molar-refractivity contribution < 1.29 is 9.59 Å². The van der Waals surface area contributed by atoms with Crippen molar-refractivity contribution in [2.24, 2.45) is 0 Å². The number of thiophene rings is 1. The quantitative estimate of drug-likeness (QED) is 0.339. The first-order valence-electron chi connectivity index (χ1n) is 12.6. The van der Waals surface area contributed by atoms with E-state index in [-0.39, 0.29) is 17.9 Å². The maximum atomic E-state index is 13.1. The van der Waals surface area contributed by atoms with Gasteiger partial charge in [0.05, 0.1) is 11.0 Å². The van der Waals surface area contributed by atoms with Crippen molar-refractivity contribution in [3.05, 3.63) is 52.0 Å². The molecule has 7 heteroatoms. The van der Waals surface area contributed by atoms with E-state index < -0.39 is 6.04 Å². The van der Waals surface area contributed by atoms with E-state index in [1.807, 2.05) is 39.0 Å². The van der Waals surface area contributed by atoms with E-state index >= 15 is 0 Å². The topological polar surface area (TPSA) is 76.0 Å². The van der Waals surface area contributed by atoms with Gasteiger partial charge in [-0.2, -0.15) is 0 Å². The van der Waals surface area contributed by atoms with Gasteiger partial charge in [-0.05, 0) is 62.3 Å². The molecule has 0 radical (unpaired) electrons. The molecule has 0 aliphatic rings. The fraction of sp³-hybridized carbons (Fsp3) is 0.519. The summed E-state index contributed by atoms with van der Waals surface area (Å²) in [6, 6.07) is 9.81. The second kappa shape index (κ2) is 12.2. The van der Waals surface area contributed by atoms with Crippen molar-refractivity contribution in [2.75, 3.05) is 0 Å². The van der Waals surface area contributed by atoms with Gasteiger partial charge in [0.2, 0.25) is 5.91 Å². The summed E-state index contributed by atoms with van der Waals surface area (Å²) < 4.78 is 2.34. The minimum Gasteiger partial charge on any atom is -0.352 e. The predicted octanol–water partition coefficient (Wildman–Crippen LogP) is 5.86. The standard InChI is InChI=1S/C27H38N4O2S/c1-6-11-22(27(33)28-18(5)7-2)30-26(32)19-13-14-24-23(16-19)29-25(17-21-12-10-15-34-21)31(24)20(8-3)9-4/h10,12-16,18,20,22H,6-9,11,17H2,1-5H3,(H,28,33)(H,30,32)/t18?,22-/m0/s1. The van der Waals surface area contributed by atoms with Crippen LogP contribution in [0.4, 0.5) is 0 Å². The Morgan fingerprint density at radius 1 is 1.06 bits per heavy atom. The highest BCUT2D eigenvalue weighted by molar-refractivity contribution is 7.09. The summed E-state index contributed by atoms with van der Waals surface area (Å²) in [4.78, 5) is 32.0. The molecule has 3 aromatic rings. The summed E-state index contributed by atoms with van der Waals surface area (Å²) in [6.45, 7) is 10.4. The summed E-state index contributed by atoms with van der Waals surface area (Å²) >= 11 is 1.74. The van der Waals surface area contributed by atoms with Crippen LogP contribution in [0, 0.1) is 0 Å². The number of carbonyl (C=O) groups is 2. The fourth-order valence-electron chi connectivity index (χ4n) is 4.29. The van der Waals surface area contributed by atoms with Gasteiger partial charge in [0.1, 0.15) is 11.9 Å². The molecule has 3 rings (SSSR count). The predicted molar refractivity (Wildman–Crippen MR) is 141 cm³/mol. The molecule has 0 spiro atoms. The van der Waals surface area contributed by atoms with Crippen molar-refractivity contribution in [3.63, 3.8) is 0 Å². The molecule has 0 aliphatic heterocycles. The smallest absolute Gasteiger partial charge is 0.252 e. The number of hydrogen-bond donors (Lipinski definition) is 2. The van der Waals surface area contributed by atoms with Gasteiger partial charge >= 0.3 is 0 Å². The molecule has 2 atom stereocenters. The maximum absolute atomic E-state index is 13.1. The number of benzene rings is 1. The Kier molecular flexibility index (Phi) is 9.28. The number of imidazole rings is 1. The first kappa shape index (κ1) is 25.9. The van der Waals surface area contributed by atoms with Crippen LogP contribution in [0.5, 0.6) is 0 Å². The second-order valence-corrected chi connectivity index (χ2v) is 9.99. The third-order valence-corrected chi connectivity index (χ3v) is 7.32. The Morgan fingerprint density at radius 2 is 1.82 bits per heavy atom. The highest BCUT2D eigenvalue weighted by atomic mass is 32.1. The van der Waals surface area contributed by atoms with Crippen LogP contribution in [0.15, 0.2) is 35.7 Å². The Bertz CT molecular complexity index is 1090. The van der Waals surface area contributed by atoms with Gasteiger partial charge in [0.25, 0.3) is 5.91 Å². The molecule has 6 nitrogen and oxygen atoms in total. The van der Waals surface area contributed by atoms with Gasteiger partial charge in [0.15, 0.2) is 0 Å². The molecule has 2 amide bonds. The molecule has 2 N–H and O–H groups in total. The van der Waals surface area contributed by atoms with E-state index in [4.69, 9.17) is 4.98 Å². The minimum atomic E-state index is -0.543. The molecule has 1 aromatic carbocycles. The van der Waals surface area contributed by atoms with Crippen LogP contribution in [0.3, 0.4) is 0 Å². The van der Waals surface area contributed by atoms with Gasteiger partial charge < -0.3 is 15.2 Å². The normalized spacial score (nSPS) is 13.2. The SMILES string of the molecule is CCC[C@H](NC(=O)c1ccc2c(c1)nc(Cc1cccs1)n2C(CC)CC)C(=O)NC(C)CC. The van der Waals surface area contributed by atoms with E-state index in [1.165, 1.54) is 4.88 Å².